The molecule has 0 saturated heterocycles. The van der Waals surface area contributed by atoms with Crippen molar-refractivity contribution in [1.29, 1.82) is 0 Å². The van der Waals surface area contributed by atoms with Gasteiger partial charge < -0.3 is 10.1 Å². The quantitative estimate of drug-likeness (QED) is 0.710. The van der Waals surface area contributed by atoms with E-state index in [2.05, 4.69) is 14.8 Å². The Bertz CT molecular complexity index is 990. The number of fused-ring (bicyclic) bond motifs is 1. The van der Waals surface area contributed by atoms with Gasteiger partial charge in [0.2, 0.25) is 15.9 Å². The van der Waals surface area contributed by atoms with Crippen LogP contribution < -0.4 is 10.0 Å². The molecule has 3 rings (SSSR count). The Labute approximate surface area is 166 Å². The van der Waals surface area contributed by atoms with E-state index in [0.29, 0.717) is 29.7 Å². The van der Waals surface area contributed by atoms with Gasteiger partial charge in [-0.25, -0.2) is 13.1 Å². The van der Waals surface area contributed by atoms with E-state index in [0.717, 1.165) is 5.56 Å². The molecule has 1 amide bonds. The average Bonchev–Trinajstić information content (AvgIpc) is 2.66. The standard InChI is InChI=1S/C19H19F3N2O4S/c20-19(21,22)12-28-11-14-3-1-13(2-4-14)10-23-29(26,27)16-6-7-17-15(9-16)5-8-18(25)24-17/h1-4,6-7,9,23H,5,8,10-12H2,(H,24,25). The van der Waals surface area contributed by atoms with Gasteiger partial charge in [-0.15, -0.1) is 0 Å². The van der Waals surface area contributed by atoms with Crippen LogP contribution in [0.2, 0.25) is 0 Å². The molecule has 1 aliphatic rings. The molecular formula is C19H19F3N2O4S. The molecule has 10 heteroatoms. The monoisotopic (exact) mass is 428 g/mol. The largest absolute Gasteiger partial charge is 0.411 e. The second-order valence-corrected chi connectivity index (χ2v) is 8.38. The minimum absolute atomic E-state index is 0.0276. The van der Waals surface area contributed by atoms with E-state index in [-0.39, 0.29) is 24.0 Å². The lowest BCUT2D eigenvalue weighted by atomic mass is 10.0. The molecule has 6 nitrogen and oxygen atoms in total. The van der Waals surface area contributed by atoms with E-state index in [1.54, 1.807) is 30.3 Å². The third kappa shape index (κ3) is 6.02. The number of amides is 1. The fourth-order valence-electron chi connectivity index (χ4n) is 2.83. The van der Waals surface area contributed by atoms with Crippen LogP contribution >= 0.6 is 0 Å². The lowest BCUT2D eigenvalue weighted by Gasteiger charge is -2.17. The first-order valence-corrected chi connectivity index (χ1v) is 10.3. The summed E-state index contributed by atoms with van der Waals surface area (Å²) in [5.74, 6) is -0.0986. The number of ether oxygens (including phenoxy) is 1. The van der Waals surface area contributed by atoms with Gasteiger partial charge in [-0.2, -0.15) is 13.2 Å². The molecule has 0 unspecified atom stereocenters. The number of nitrogens with one attached hydrogen (secondary N) is 2. The second-order valence-electron chi connectivity index (χ2n) is 6.62. The summed E-state index contributed by atoms with van der Waals surface area (Å²) >= 11 is 0. The van der Waals surface area contributed by atoms with Crippen LogP contribution in [0.3, 0.4) is 0 Å². The molecule has 1 aliphatic heterocycles. The normalized spacial score (nSPS) is 14.4. The van der Waals surface area contributed by atoms with E-state index < -0.39 is 22.8 Å². The molecule has 0 atom stereocenters. The smallest absolute Gasteiger partial charge is 0.367 e. The van der Waals surface area contributed by atoms with Crippen molar-refractivity contribution in [2.45, 2.75) is 37.1 Å². The van der Waals surface area contributed by atoms with E-state index in [1.165, 1.54) is 12.1 Å². The van der Waals surface area contributed by atoms with Crippen LogP contribution in [0.15, 0.2) is 47.4 Å². The summed E-state index contributed by atoms with van der Waals surface area (Å²) < 4.78 is 68.4. The Morgan fingerprint density at radius 3 is 2.41 bits per heavy atom. The summed E-state index contributed by atoms with van der Waals surface area (Å²) in [6, 6.07) is 10.9. The minimum atomic E-state index is -4.37. The van der Waals surface area contributed by atoms with Crippen LogP contribution in [0, 0.1) is 0 Å². The van der Waals surface area contributed by atoms with E-state index in [9.17, 15) is 26.4 Å². The summed E-state index contributed by atoms with van der Waals surface area (Å²) in [5.41, 5.74) is 2.58. The van der Waals surface area contributed by atoms with Gasteiger partial charge in [0.05, 0.1) is 11.5 Å². The van der Waals surface area contributed by atoms with Crippen LogP contribution in [0.4, 0.5) is 18.9 Å². The van der Waals surface area contributed by atoms with E-state index >= 15 is 0 Å². The average molecular weight is 428 g/mol. The lowest BCUT2D eigenvalue weighted by molar-refractivity contribution is -0.176. The number of alkyl halides is 3. The molecule has 0 spiro atoms. The van der Waals surface area contributed by atoms with Crippen molar-refractivity contribution >= 4 is 21.6 Å². The number of benzene rings is 2. The number of anilines is 1. The van der Waals surface area contributed by atoms with Gasteiger partial charge in [-0.05, 0) is 41.3 Å². The molecule has 0 radical (unpaired) electrons. The molecule has 0 fully saturated rings. The first-order valence-electron chi connectivity index (χ1n) is 8.77. The molecule has 0 saturated carbocycles. The van der Waals surface area contributed by atoms with Crippen LogP contribution in [0.5, 0.6) is 0 Å². The molecule has 2 N–H and O–H groups in total. The Balaban J connectivity index is 1.58. The molecule has 2 aromatic carbocycles. The predicted octanol–water partition coefficient (Wildman–Crippen LogP) is 3.13. The number of carbonyl (C=O) groups is 1. The van der Waals surface area contributed by atoms with Crippen LogP contribution in [0.25, 0.3) is 0 Å². The van der Waals surface area contributed by atoms with Gasteiger partial charge >= 0.3 is 6.18 Å². The van der Waals surface area contributed by atoms with Gasteiger partial charge in [-0.3, -0.25) is 4.79 Å². The number of halogens is 3. The molecular weight excluding hydrogens is 409 g/mol. The SMILES string of the molecule is O=C1CCc2cc(S(=O)(=O)NCc3ccc(COCC(F)(F)F)cc3)ccc2N1. The fourth-order valence-corrected chi connectivity index (χ4v) is 3.89. The van der Waals surface area contributed by atoms with E-state index in [1.807, 2.05) is 0 Å². The summed E-state index contributed by atoms with van der Waals surface area (Å²) in [6.45, 7) is -1.48. The van der Waals surface area contributed by atoms with Crippen molar-refractivity contribution in [1.82, 2.24) is 4.72 Å². The number of hydrogen-bond donors (Lipinski definition) is 2. The first kappa shape index (κ1) is 21.3. The Morgan fingerprint density at radius 2 is 1.72 bits per heavy atom. The van der Waals surface area contributed by atoms with Crippen molar-refractivity contribution in [3.63, 3.8) is 0 Å². The summed E-state index contributed by atoms with van der Waals surface area (Å²) in [4.78, 5) is 11.5. The van der Waals surface area contributed by atoms with Crippen LogP contribution in [-0.4, -0.2) is 27.1 Å². The number of aryl methyl sites for hydroxylation is 1. The summed E-state index contributed by atoms with van der Waals surface area (Å²) in [5, 5.41) is 2.70. The molecule has 29 heavy (non-hydrogen) atoms. The summed E-state index contributed by atoms with van der Waals surface area (Å²) in [7, 11) is -3.76. The second kappa shape index (κ2) is 8.52. The maximum absolute atomic E-state index is 12.5. The summed E-state index contributed by atoms with van der Waals surface area (Å²) in [6.07, 6.45) is -3.59. The zero-order chi connectivity index (χ0) is 21.1. The van der Waals surface area contributed by atoms with Crippen LogP contribution in [0.1, 0.15) is 23.1 Å². The maximum atomic E-state index is 12.5. The molecule has 2 aromatic rings. The van der Waals surface area contributed by atoms with Crippen molar-refractivity contribution in [2.24, 2.45) is 0 Å². The van der Waals surface area contributed by atoms with Crippen molar-refractivity contribution in [3.05, 3.63) is 59.2 Å². The highest BCUT2D eigenvalue weighted by atomic mass is 32.2. The third-order valence-corrected chi connectivity index (χ3v) is 5.71. The van der Waals surface area contributed by atoms with Gasteiger partial charge in [-0.1, -0.05) is 24.3 Å². The number of carbonyl (C=O) groups excluding carboxylic acids is 1. The molecule has 0 aliphatic carbocycles. The van der Waals surface area contributed by atoms with Crippen molar-refractivity contribution in [3.8, 4) is 0 Å². The molecule has 0 bridgehead atoms. The fraction of sp³-hybridized carbons (Fsp3) is 0.316. The zero-order valence-corrected chi connectivity index (χ0v) is 16.1. The van der Waals surface area contributed by atoms with Gasteiger partial charge in [0, 0.05) is 18.7 Å². The topological polar surface area (TPSA) is 84.5 Å². The zero-order valence-electron chi connectivity index (χ0n) is 15.3. The van der Waals surface area contributed by atoms with Gasteiger partial charge in [0.25, 0.3) is 0 Å². The predicted molar refractivity (Wildman–Crippen MR) is 99.6 cm³/mol. The van der Waals surface area contributed by atoms with Crippen molar-refractivity contribution in [2.75, 3.05) is 11.9 Å². The first-order chi connectivity index (χ1) is 13.6. The van der Waals surface area contributed by atoms with Crippen molar-refractivity contribution < 1.29 is 31.1 Å². The van der Waals surface area contributed by atoms with E-state index in [4.69, 9.17) is 0 Å². The molecule has 0 aromatic heterocycles. The Kier molecular flexibility index (Phi) is 6.25. The van der Waals surface area contributed by atoms with Crippen LogP contribution in [-0.2, 0) is 39.1 Å². The number of rotatable bonds is 7. The van der Waals surface area contributed by atoms with Gasteiger partial charge in [0.1, 0.15) is 6.61 Å². The number of sulfonamides is 1. The Hall–Kier alpha value is -2.43. The lowest BCUT2D eigenvalue weighted by Crippen LogP contribution is -2.24. The third-order valence-electron chi connectivity index (χ3n) is 4.31. The molecule has 1 heterocycles. The highest BCUT2D eigenvalue weighted by molar-refractivity contribution is 7.89. The number of hydrogen-bond acceptors (Lipinski definition) is 4. The minimum Gasteiger partial charge on any atom is -0.367 e. The highest BCUT2D eigenvalue weighted by Crippen LogP contribution is 2.25. The molecule has 156 valence electrons. The Morgan fingerprint density at radius 1 is 1.03 bits per heavy atom. The highest BCUT2D eigenvalue weighted by Gasteiger charge is 2.27. The maximum Gasteiger partial charge on any atom is 0.411 e. The van der Waals surface area contributed by atoms with Gasteiger partial charge in [0.15, 0.2) is 0 Å².